The maximum Gasteiger partial charge on any atom is 0.325 e. The fraction of sp³-hybridized carbons (Fsp3) is 0.607. The van der Waals surface area contributed by atoms with E-state index in [9.17, 15) is 24.0 Å². The van der Waals surface area contributed by atoms with Gasteiger partial charge in [0.2, 0.25) is 17.7 Å². The lowest BCUT2D eigenvalue weighted by Crippen LogP contribution is -2.50. The summed E-state index contributed by atoms with van der Waals surface area (Å²) in [6.07, 6.45) is 0.463. The third-order valence-electron chi connectivity index (χ3n) is 5.54. The maximum atomic E-state index is 13.6. The highest BCUT2D eigenvalue weighted by Gasteiger charge is 2.34. The number of methoxy groups -OCH3 is 1. The molecule has 0 radical (unpaired) electrons. The van der Waals surface area contributed by atoms with Crippen molar-refractivity contribution in [1.82, 2.24) is 16.0 Å². The molecule has 2 unspecified atom stereocenters. The van der Waals surface area contributed by atoms with Gasteiger partial charge in [0, 0.05) is 32.1 Å². The first-order chi connectivity index (χ1) is 18.1. The van der Waals surface area contributed by atoms with Crippen LogP contribution in [0.1, 0.15) is 59.9 Å². The van der Waals surface area contributed by atoms with Crippen molar-refractivity contribution in [2.45, 2.75) is 77.7 Å². The highest BCUT2D eigenvalue weighted by Crippen LogP contribution is 2.29. The van der Waals surface area contributed by atoms with Crippen molar-refractivity contribution in [3.05, 3.63) is 29.8 Å². The van der Waals surface area contributed by atoms with Crippen LogP contribution in [0.3, 0.4) is 0 Å². The van der Waals surface area contributed by atoms with Crippen LogP contribution in [0.5, 0.6) is 5.75 Å². The average molecular weight is 566 g/mol. The number of rotatable bonds is 14. The summed E-state index contributed by atoms with van der Waals surface area (Å²) in [5.41, 5.74) is 0.129. The van der Waals surface area contributed by atoms with Crippen molar-refractivity contribution in [3.8, 4) is 5.75 Å². The molecule has 0 spiro atoms. The summed E-state index contributed by atoms with van der Waals surface area (Å²) in [5.74, 6) is -1.87. The number of carbonyl (C=O) groups is 5. The molecule has 39 heavy (non-hydrogen) atoms. The molecule has 3 amide bonds. The van der Waals surface area contributed by atoms with Gasteiger partial charge in [-0.2, -0.15) is 0 Å². The molecule has 1 rings (SSSR count). The number of hydrogen-bond acceptors (Lipinski definition) is 8. The fourth-order valence-corrected chi connectivity index (χ4v) is 4.94. The van der Waals surface area contributed by atoms with Gasteiger partial charge in [0.25, 0.3) is 0 Å². The number of thioether (sulfide) groups is 1. The van der Waals surface area contributed by atoms with Gasteiger partial charge in [-0.15, -0.1) is 0 Å². The van der Waals surface area contributed by atoms with Crippen molar-refractivity contribution in [3.63, 3.8) is 0 Å². The van der Waals surface area contributed by atoms with E-state index in [2.05, 4.69) is 16.0 Å². The molecule has 0 aliphatic heterocycles. The van der Waals surface area contributed by atoms with Crippen LogP contribution in [-0.2, 0) is 35.1 Å². The molecule has 0 saturated carbocycles. The Morgan fingerprint density at radius 3 is 2.10 bits per heavy atom. The zero-order valence-electron chi connectivity index (χ0n) is 24.2. The first kappa shape index (κ1) is 33.9. The summed E-state index contributed by atoms with van der Waals surface area (Å²) in [7, 11) is 3.05. The number of hydrogen-bond donors (Lipinski definition) is 3. The third-order valence-corrected chi connectivity index (χ3v) is 6.67. The van der Waals surface area contributed by atoms with Gasteiger partial charge >= 0.3 is 5.97 Å². The highest BCUT2D eigenvalue weighted by atomic mass is 32.2. The molecule has 11 heteroatoms. The van der Waals surface area contributed by atoms with E-state index in [4.69, 9.17) is 9.47 Å². The molecule has 0 aliphatic rings. The minimum atomic E-state index is -0.866. The van der Waals surface area contributed by atoms with Gasteiger partial charge in [-0.1, -0.05) is 37.7 Å². The van der Waals surface area contributed by atoms with Crippen LogP contribution in [0.25, 0.3) is 0 Å². The predicted molar refractivity (Wildman–Crippen MR) is 151 cm³/mol. The molecule has 1 aromatic rings. The SMILES string of the molecule is CNC(=O)[C@H](Cc1ccc(OC)cc1)NC(=O)C(CC(C)C)C(CC(=O)NCC(=O)OC(C)(C)C)SC(C)=O. The van der Waals surface area contributed by atoms with Gasteiger partial charge in [0.15, 0.2) is 5.12 Å². The van der Waals surface area contributed by atoms with E-state index in [0.717, 1.165) is 17.3 Å². The standard InChI is InChI=1S/C28H43N3O7S/c1-17(2)13-21(23(39-18(3)32)15-24(33)30-16-25(34)38-28(4,5)6)26(35)31-22(27(36)29-7)14-19-9-11-20(37-8)12-10-19/h9-12,17,21-23H,13-16H2,1-8H3,(H,29,36)(H,30,33)(H,31,35)/t21?,22-,23?/m0/s1. The molecule has 3 N–H and O–H groups in total. The van der Waals surface area contributed by atoms with Gasteiger partial charge < -0.3 is 25.4 Å². The summed E-state index contributed by atoms with van der Waals surface area (Å²) in [6.45, 7) is 10.1. The summed E-state index contributed by atoms with van der Waals surface area (Å²) >= 11 is 0.909. The van der Waals surface area contributed by atoms with E-state index in [1.54, 1.807) is 40.0 Å². The molecule has 3 atom stereocenters. The van der Waals surface area contributed by atoms with Crippen LogP contribution in [0.2, 0.25) is 0 Å². The topological polar surface area (TPSA) is 140 Å². The van der Waals surface area contributed by atoms with Crippen LogP contribution >= 0.6 is 11.8 Å². The first-order valence-corrected chi connectivity index (χ1v) is 13.8. The summed E-state index contributed by atoms with van der Waals surface area (Å²) in [4.78, 5) is 63.1. The second-order valence-electron chi connectivity index (χ2n) is 10.7. The Balaban J connectivity index is 3.09. The van der Waals surface area contributed by atoms with E-state index in [0.29, 0.717) is 12.2 Å². The second-order valence-corrected chi connectivity index (χ2v) is 12.1. The minimum absolute atomic E-state index is 0.0701. The van der Waals surface area contributed by atoms with E-state index >= 15 is 0 Å². The monoisotopic (exact) mass is 565 g/mol. The number of benzene rings is 1. The van der Waals surface area contributed by atoms with Gasteiger partial charge in [0.05, 0.1) is 13.0 Å². The summed E-state index contributed by atoms with van der Waals surface area (Å²) < 4.78 is 10.4. The third kappa shape index (κ3) is 13.5. The van der Waals surface area contributed by atoms with Crippen molar-refractivity contribution < 1.29 is 33.4 Å². The van der Waals surface area contributed by atoms with E-state index in [1.165, 1.54) is 14.0 Å². The number of esters is 1. The zero-order valence-corrected chi connectivity index (χ0v) is 25.0. The van der Waals surface area contributed by atoms with Crippen LogP contribution < -0.4 is 20.7 Å². The molecular weight excluding hydrogens is 522 g/mol. The Hall–Kier alpha value is -3.08. The first-order valence-electron chi connectivity index (χ1n) is 13.0. The van der Waals surface area contributed by atoms with Crippen LogP contribution in [0, 0.1) is 11.8 Å². The largest absolute Gasteiger partial charge is 0.497 e. The van der Waals surface area contributed by atoms with Crippen LogP contribution in [-0.4, -0.2) is 66.4 Å². The predicted octanol–water partition coefficient (Wildman–Crippen LogP) is 2.63. The maximum absolute atomic E-state index is 13.6. The number of likely N-dealkylation sites (N-methyl/N-ethyl adjacent to an activating group) is 1. The summed E-state index contributed by atoms with van der Waals surface area (Å²) in [6, 6.07) is 6.31. The average Bonchev–Trinajstić information content (AvgIpc) is 2.83. The zero-order chi connectivity index (χ0) is 29.8. The van der Waals surface area contributed by atoms with Crippen LogP contribution in [0.4, 0.5) is 0 Å². The Morgan fingerprint density at radius 1 is 1.00 bits per heavy atom. The van der Waals surface area contributed by atoms with Gasteiger partial charge in [-0.25, -0.2) is 0 Å². The molecule has 0 fully saturated rings. The lowest BCUT2D eigenvalue weighted by molar-refractivity contribution is -0.154. The van der Waals surface area contributed by atoms with Gasteiger partial charge in [-0.05, 0) is 50.8 Å². The second kappa shape index (κ2) is 16.1. The Kier molecular flexibility index (Phi) is 14.0. The summed E-state index contributed by atoms with van der Waals surface area (Å²) in [5, 5.41) is 7.00. The van der Waals surface area contributed by atoms with Crippen molar-refractivity contribution in [2.75, 3.05) is 20.7 Å². The van der Waals surface area contributed by atoms with Crippen molar-refractivity contribution in [2.24, 2.45) is 11.8 Å². The normalized spacial score (nSPS) is 13.6. The van der Waals surface area contributed by atoms with Crippen molar-refractivity contribution in [1.29, 1.82) is 0 Å². The molecule has 1 aromatic carbocycles. The number of nitrogens with one attached hydrogen (secondary N) is 3. The van der Waals surface area contributed by atoms with E-state index in [1.807, 2.05) is 26.0 Å². The lowest BCUT2D eigenvalue weighted by Gasteiger charge is -2.28. The van der Waals surface area contributed by atoms with Gasteiger partial charge in [0.1, 0.15) is 23.9 Å². The number of ether oxygens (including phenoxy) is 2. The van der Waals surface area contributed by atoms with Crippen LogP contribution in [0.15, 0.2) is 24.3 Å². The molecule has 10 nitrogen and oxygen atoms in total. The minimum Gasteiger partial charge on any atom is -0.497 e. The smallest absolute Gasteiger partial charge is 0.325 e. The lowest BCUT2D eigenvalue weighted by atomic mass is 9.90. The quantitative estimate of drug-likeness (QED) is 0.293. The Labute approximate surface area is 235 Å². The Bertz CT molecular complexity index is 990. The molecule has 0 heterocycles. The van der Waals surface area contributed by atoms with Crippen molar-refractivity contribution >= 4 is 40.6 Å². The van der Waals surface area contributed by atoms with E-state index in [-0.39, 0.29) is 36.3 Å². The molecule has 0 aromatic heterocycles. The molecule has 218 valence electrons. The molecular formula is C28H43N3O7S. The fourth-order valence-electron chi connectivity index (χ4n) is 3.88. The van der Waals surface area contributed by atoms with Gasteiger partial charge in [-0.3, -0.25) is 24.0 Å². The highest BCUT2D eigenvalue weighted by molar-refractivity contribution is 8.14. The Morgan fingerprint density at radius 2 is 1.62 bits per heavy atom. The molecule has 0 bridgehead atoms. The number of carbonyl (C=O) groups excluding carboxylic acids is 5. The molecule has 0 saturated heterocycles. The number of amides is 3. The van der Waals surface area contributed by atoms with E-state index < -0.39 is 40.6 Å². The molecule has 0 aliphatic carbocycles.